The summed E-state index contributed by atoms with van der Waals surface area (Å²) in [5.74, 6) is 1.71. The van der Waals surface area contributed by atoms with Crippen molar-refractivity contribution in [3.8, 4) is 0 Å². The summed E-state index contributed by atoms with van der Waals surface area (Å²) in [6.45, 7) is 12.4. The van der Waals surface area contributed by atoms with E-state index < -0.39 is 42.6 Å². The zero-order valence-corrected chi connectivity index (χ0v) is 32.9. The minimum atomic E-state index is -1.07. The summed E-state index contributed by atoms with van der Waals surface area (Å²) in [5.41, 5.74) is 1.84. The molecule has 11 nitrogen and oxygen atoms in total. The number of allylic oxidation sites excluding steroid dienone is 1. The highest BCUT2D eigenvalue weighted by Gasteiger charge is 2.61. The Kier molecular flexibility index (Phi) is 14.9. The van der Waals surface area contributed by atoms with E-state index in [0.29, 0.717) is 35.9 Å². The van der Waals surface area contributed by atoms with Crippen molar-refractivity contribution in [2.75, 3.05) is 39.8 Å². The molecule has 11 unspecified atom stereocenters. The molecule has 4 fully saturated rings. The molecule has 0 bridgehead atoms. The van der Waals surface area contributed by atoms with Crippen LogP contribution < -0.4 is 0 Å². The van der Waals surface area contributed by atoms with Crippen LogP contribution in [0.4, 0.5) is 0 Å². The summed E-state index contributed by atoms with van der Waals surface area (Å²) in [6.07, 6.45) is 13.4. The van der Waals surface area contributed by atoms with Crippen LogP contribution in [0.3, 0.4) is 0 Å². The van der Waals surface area contributed by atoms with Crippen LogP contribution in [0.5, 0.6) is 0 Å². The fraction of sp³-hybridized carbons (Fsp3) is 0.857. The third kappa shape index (κ3) is 9.51. The second kappa shape index (κ2) is 18.7. The molecule has 5 aliphatic rings. The number of hydrogen-bond acceptors (Lipinski definition) is 11. The van der Waals surface area contributed by atoms with Gasteiger partial charge in [-0.1, -0.05) is 71.6 Å². The predicted octanol–water partition coefficient (Wildman–Crippen LogP) is 6.37. The number of carbonyl (C=O) groups is 2. The zero-order valence-electron chi connectivity index (χ0n) is 32.9. The summed E-state index contributed by atoms with van der Waals surface area (Å²) in [7, 11) is 0. The van der Waals surface area contributed by atoms with Gasteiger partial charge in [0.05, 0.1) is 45.0 Å². The molecule has 53 heavy (non-hydrogen) atoms. The number of aliphatic hydroxyl groups excluding tert-OH is 3. The molecular weight excluding hydrogens is 680 g/mol. The second-order valence-electron chi connectivity index (χ2n) is 17.1. The summed E-state index contributed by atoms with van der Waals surface area (Å²) < 4.78 is 36.3. The maximum atomic E-state index is 12.7. The summed E-state index contributed by atoms with van der Waals surface area (Å²) in [4.78, 5) is 25.1. The lowest BCUT2D eigenvalue weighted by Gasteiger charge is -2.60. The quantitative estimate of drug-likeness (QED) is 0.0445. The Morgan fingerprint density at radius 1 is 0.962 bits per heavy atom. The van der Waals surface area contributed by atoms with E-state index in [1.54, 1.807) is 0 Å². The lowest BCUT2D eigenvalue weighted by atomic mass is 9.46. The van der Waals surface area contributed by atoms with Gasteiger partial charge >= 0.3 is 11.9 Å². The Morgan fingerprint density at radius 3 is 2.45 bits per heavy atom. The molecule has 0 radical (unpaired) electrons. The lowest BCUT2D eigenvalue weighted by Crippen LogP contribution is -2.61. The number of unbranched alkanes of at least 4 members (excludes halogenated alkanes) is 2. The molecule has 1 aliphatic heterocycles. The van der Waals surface area contributed by atoms with Gasteiger partial charge in [0.1, 0.15) is 18.8 Å². The molecule has 1 heterocycles. The Hall–Kier alpha value is -2.02. The summed E-state index contributed by atoms with van der Waals surface area (Å²) >= 11 is 0. The third-order valence-corrected chi connectivity index (χ3v) is 14.0. The van der Waals surface area contributed by atoms with Crippen LogP contribution in [0.15, 0.2) is 24.0 Å². The van der Waals surface area contributed by atoms with E-state index in [1.807, 2.05) is 0 Å². The van der Waals surface area contributed by atoms with Crippen LogP contribution in [-0.2, 0) is 38.0 Å². The highest BCUT2D eigenvalue weighted by molar-refractivity contribution is 5.70. The number of aliphatic hydroxyl groups is 3. The highest BCUT2D eigenvalue weighted by atomic mass is 16.8. The molecule has 11 atom stereocenters. The maximum absolute atomic E-state index is 12.7. The van der Waals surface area contributed by atoms with Crippen molar-refractivity contribution in [3.63, 3.8) is 0 Å². The van der Waals surface area contributed by atoms with Crippen LogP contribution in [0.1, 0.15) is 124 Å². The largest absolute Gasteiger partial charge is 0.472 e. The Balaban J connectivity index is 1.34. The van der Waals surface area contributed by atoms with Gasteiger partial charge in [-0.25, -0.2) is 0 Å². The Bertz CT molecular complexity index is 1270. The third-order valence-electron chi connectivity index (χ3n) is 14.0. The Labute approximate surface area is 317 Å². The second-order valence-corrected chi connectivity index (χ2v) is 17.1. The number of rotatable bonds is 19. The fourth-order valence-electron chi connectivity index (χ4n) is 11.1. The van der Waals surface area contributed by atoms with Gasteiger partial charge in [-0.15, -0.1) is 0 Å². The molecule has 0 aromatic carbocycles. The number of carbonyl (C=O) groups excluding carboxylic acids is 2. The smallest absolute Gasteiger partial charge is 0.308 e. The zero-order chi connectivity index (χ0) is 38.2. The van der Waals surface area contributed by atoms with Gasteiger partial charge in [0.15, 0.2) is 18.7 Å². The van der Waals surface area contributed by atoms with Gasteiger partial charge in [-0.2, -0.15) is 0 Å². The standard InChI is InChI=1S/C42H68O11/c1-6-7-8-9-28(2)32-12-13-33-31-11-10-30-24-42(20-19-40(30,4)34(31)14-18-41(32,33)5)51-26-35(50-27-49-29(3)15-21-43)39(53-42)36(52-38(47)17-23-45)25-48-37(46)16-22-44/h10,28,31-36,39,43-45H,3,6-9,11-27H2,1-2,4-5H3. The van der Waals surface area contributed by atoms with E-state index in [-0.39, 0.29) is 57.9 Å². The molecule has 0 amide bonds. The van der Waals surface area contributed by atoms with Crippen molar-refractivity contribution >= 4 is 11.9 Å². The van der Waals surface area contributed by atoms with Gasteiger partial charge in [-0.05, 0) is 78.9 Å². The van der Waals surface area contributed by atoms with Crippen LogP contribution >= 0.6 is 0 Å². The van der Waals surface area contributed by atoms with Crippen LogP contribution in [0, 0.1) is 40.4 Å². The average Bonchev–Trinajstić information content (AvgIpc) is 3.49. The van der Waals surface area contributed by atoms with Crippen LogP contribution in [0.25, 0.3) is 0 Å². The monoisotopic (exact) mass is 748 g/mol. The first-order chi connectivity index (χ1) is 25.4. The van der Waals surface area contributed by atoms with Gasteiger partial charge in [0.2, 0.25) is 0 Å². The average molecular weight is 749 g/mol. The maximum Gasteiger partial charge on any atom is 0.308 e. The molecule has 5 rings (SSSR count). The molecule has 3 saturated carbocycles. The van der Waals surface area contributed by atoms with Crippen molar-refractivity contribution < 1.29 is 53.3 Å². The van der Waals surface area contributed by atoms with Crippen molar-refractivity contribution in [1.82, 2.24) is 0 Å². The normalized spacial score (nSPS) is 36.0. The van der Waals surface area contributed by atoms with E-state index in [1.165, 1.54) is 56.9 Å². The minimum absolute atomic E-state index is 0.0453. The lowest BCUT2D eigenvalue weighted by molar-refractivity contribution is -0.354. The van der Waals surface area contributed by atoms with E-state index in [9.17, 15) is 24.9 Å². The molecule has 3 N–H and O–H groups in total. The molecule has 302 valence electrons. The van der Waals surface area contributed by atoms with Crippen molar-refractivity contribution in [3.05, 3.63) is 24.0 Å². The molecule has 1 saturated heterocycles. The first kappa shape index (κ1) is 42.1. The molecule has 4 aliphatic carbocycles. The summed E-state index contributed by atoms with van der Waals surface area (Å²) in [6, 6.07) is 0. The van der Waals surface area contributed by atoms with E-state index in [4.69, 9.17) is 28.4 Å². The molecule has 1 spiro atoms. The van der Waals surface area contributed by atoms with E-state index in [2.05, 4.69) is 40.3 Å². The number of esters is 2. The van der Waals surface area contributed by atoms with E-state index >= 15 is 0 Å². The van der Waals surface area contributed by atoms with Gasteiger partial charge in [0.25, 0.3) is 0 Å². The topological polar surface area (TPSA) is 150 Å². The SMILES string of the molecule is C=C(CCO)OCOC1COC2(CCC3(C)C(=CCC4C3CCC3(C)C(C(C)CCCCC)CCC43)C2)OC1C(COC(=O)CCO)OC(=O)CCO. The van der Waals surface area contributed by atoms with Crippen molar-refractivity contribution in [1.29, 1.82) is 0 Å². The highest BCUT2D eigenvalue weighted by Crippen LogP contribution is 2.68. The molecule has 0 aromatic rings. The Morgan fingerprint density at radius 2 is 1.72 bits per heavy atom. The van der Waals surface area contributed by atoms with Crippen molar-refractivity contribution in [2.24, 2.45) is 40.4 Å². The first-order valence-corrected chi connectivity index (χ1v) is 20.5. The first-order valence-electron chi connectivity index (χ1n) is 20.5. The van der Waals surface area contributed by atoms with Gasteiger partial charge < -0.3 is 43.7 Å². The molecule has 11 heteroatoms. The number of ether oxygens (including phenoxy) is 6. The fourth-order valence-corrected chi connectivity index (χ4v) is 11.1. The molecular formula is C42H68O11. The number of hydrogen-bond donors (Lipinski definition) is 3. The molecule has 0 aromatic heterocycles. The number of fused-ring (bicyclic) bond motifs is 5. The van der Waals surface area contributed by atoms with Crippen LogP contribution in [-0.4, -0.2) is 91.2 Å². The van der Waals surface area contributed by atoms with Crippen LogP contribution in [0.2, 0.25) is 0 Å². The van der Waals surface area contributed by atoms with Gasteiger partial charge in [0, 0.05) is 19.3 Å². The van der Waals surface area contributed by atoms with Gasteiger partial charge in [-0.3, -0.25) is 9.59 Å². The summed E-state index contributed by atoms with van der Waals surface area (Å²) in [5, 5.41) is 27.9. The van der Waals surface area contributed by atoms with Crippen molar-refractivity contribution in [2.45, 2.75) is 148 Å². The minimum Gasteiger partial charge on any atom is -0.472 e. The van der Waals surface area contributed by atoms with E-state index in [0.717, 1.165) is 30.6 Å². The predicted molar refractivity (Wildman–Crippen MR) is 198 cm³/mol.